The van der Waals surface area contributed by atoms with Crippen LogP contribution in [0.2, 0.25) is 0 Å². The third-order valence-corrected chi connectivity index (χ3v) is 8.60. The van der Waals surface area contributed by atoms with Crippen LogP contribution in [0, 0.1) is 0 Å². The van der Waals surface area contributed by atoms with Crippen molar-refractivity contribution in [3.05, 3.63) is 180 Å². The molecule has 0 spiro atoms. The van der Waals surface area contributed by atoms with E-state index in [0.717, 1.165) is 28.5 Å². The molecule has 8 rings (SSSR count). The third kappa shape index (κ3) is 5.43. The predicted octanol–water partition coefficient (Wildman–Crippen LogP) is 10.7. The summed E-state index contributed by atoms with van der Waals surface area (Å²) in [5.41, 5.74) is 9.46. The molecule has 2 aromatic heterocycles. The Hall–Kier alpha value is -5.34. The van der Waals surface area contributed by atoms with Gasteiger partial charge in [0.05, 0.1) is 22.1 Å². The maximum atomic E-state index is 4.87. The van der Waals surface area contributed by atoms with E-state index >= 15 is 0 Å². The average molecular weight is 567 g/mol. The first kappa shape index (κ1) is 27.5. The minimum Gasteiger partial charge on any atom is -0.248 e. The molecule has 6 aromatic carbocycles. The Morgan fingerprint density at radius 3 is 1.80 bits per heavy atom. The van der Waals surface area contributed by atoms with Gasteiger partial charge in [-0.3, -0.25) is 0 Å². The fourth-order valence-corrected chi connectivity index (χ4v) is 6.18. The molecule has 0 aliphatic heterocycles. The number of hydrogen-bond donors (Lipinski definition) is 0. The molecule has 0 atom stereocenters. The quantitative estimate of drug-likeness (QED) is 0.198. The molecule has 0 bridgehead atoms. The molecule has 0 aliphatic rings. The van der Waals surface area contributed by atoms with Crippen LogP contribution in [0.5, 0.6) is 0 Å². The van der Waals surface area contributed by atoms with Crippen molar-refractivity contribution in [2.45, 2.75) is 25.7 Å². The van der Waals surface area contributed by atoms with Gasteiger partial charge in [0.1, 0.15) is 0 Å². The molecule has 44 heavy (non-hydrogen) atoms. The van der Waals surface area contributed by atoms with Gasteiger partial charge in [-0.15, -0.1) is 0 Å². The molecule has 0 fully saturated rings. The molecule has 0 N–H and O–H groups in total. The summed E-state index contributed by atoms with van der Waals surface area (Å²) in [7, 11) is 0. The minimum absolute atomic E-state index is 0.0646. The average Bonchev–Trinajstić information content (AvgIpc) is 3.07. The molecule has 2 nitrogen and oxygen atoms in total. The van der Waals surface area contributed by atoms with E-state index in [9.17, 15) is 0 Å². The van der Waals surface area contributed by atoms with Crippen molar-refractivity contribution >= 4 is 43.6 Å². The zero-order chi connectivity index (χ0) is 29.9. The summed E-state index contributed by atoms with van der Waals surface area (Å²) < 4.78 is 0. The lowest BCUT2D eigenvalue weighted by Crippen LogP contribution is -2.19. The third-order valence-electron chi connectivity index (χ3n) is 8.60. The first-order valence-electron chi connectivity index (χ1n) is 15.2. The van der Waals surface area contributed by atoms with Crippen LogP contribution in [-0.2, 0) is 11.8 Å². The Morgan fingerprint density at radius 2 is 1.05 bits per heavy atom. The van der Waals surface area contributed by atoms with Crippen LogP contribution in [0.1, 0.15) is 36.1 Å². The fraction of sp³-hybridized carbons (Fsp3) is 0.0952. The number of benzene rings is 6. The monoisotopic (exact) mass is 566 g/mol. The van der Waals surface area contributed by atoms with Gasteiger partial charge in [0.25, 0.3) is 0 Å². The summed E-state index contributed by atoms with van der Waals surface area (Å²) in [6.45, 7) is 4.57. The van der Waals surface area contributed by atoms with Crippen molar-refractivity contribution < 1.29 is 0 Å². The molecule has 2 heterocycles. The highest BCUT2D eigenvalue weighted by Crippen LogP contribution is 2.36. The number of aromatic nitrogens is 2. The molecule has 212 valence electrons. The Kier molecular flexibility index (Phi) is 7.33. The first-order chi connectivity index (χ1) is 21.6. The summed E-state index contributed by atoms with van der Waals surface area (Å²) in [6.07, 6.45) is 0.920. The van der Waals surface area contributed by atoms with Crippen LogP contribution < -0.4 is 0 Å². The summed E-state index contributed by atoms with van der Waals surface area (Å²) in [6, 6.07) is 55.3. The van der Waals surface area contributed by atoms with Gasteiger partial charge in [0.2, 0.25) is 0 Å². The van der Waals surface area contributed by atoms with E-state index in [0.29, 0.717) is 0 Å². The number of rotatable bonds is 4. The summed E-state index contributed by atoms with van der Waals surface area (Å²) in [4.78, 5) is 9.72. The van der Waals surface area contributed by atoms with Crippen molar-refractivity contribution in [3.63, 3.8) is 0 Å². The van der Waals surface area contributed by atoms with Crippen LogP contribution in [0.15, 0.2) is 158 Å². The standard InChI is InChI=1S/C22H19N.C20H15N/c1-22(2,17-10-4-3-5-11-17)19-12-8-14-21-18(19)15-16-9-6-7-13-20(16)23-21;1-2-7-15(8-3-1)13-17-10-6-11-18-14-16-9-4-5-12-19(16)21-20(17)18/h3-15H,1-2H3;1-12,14H,13H2. The van der Waals surface area contributed by atoms with E-state index in [1.54, 1.807) is 0 Å². The van der Waals surface area contributed by atoms with Crippen LogP contribution in [0.3, 0.4) is 0 Å². The van der Waals surface area contributed by atoms with E-state index in [-0.39, 0.29) is 5.41 Å². The van der Waals surface area contributed by atoms with Crippen molar-refractivity contribution in [2.24, 2.45) is 0 Å². The predicted molar refractivity (Wildman–Crippen MR) is 186 cm³/mol. The van der Waals surface area contributed by atoms with Crippen LogP contribution in [0.25, 0.3) is 43.6 Å². The molecule has 0 radical (unpaired) electrons. The fourth-order valence-electron chi connectivity index (χ4n) is 6.18. The maximum Gasteiger partial charge on any atom is 0.0745 e. The Balaban J connectivity index is 0.000000143. The molecule has 0 amide bonds. The molecule has 0 saturated heterocycles. The lowest BCUT2D eigenvalue weighted by molar-refractivity contribution is 0.647. The number of para-hydroxylation sites is 3. The smallest absolute Gasteiger partial charge is 0.0745 e. The second-order valence-electron chi connectivity index (χ2n) is 11.9. The van der Waals surface area contributed by atoms with Crippen molar-refractivity contribution in [3.8, 4) is 0 Å². The van der Waals surface area contributed by atoms with Gasteiger partial charge in [0, 0.05) is 27.0 Å². The first-order valence-corrected chi connectivity index (χ1v) is 15.2. The summed E-state index contributed by atoms with van der Waals surface area (Å²) in [5.74, 6) is 0. The van der Waals surface area contributed by atoms with E-state index in [1.165, 1.54) is 43.8 Å². The molecular formula is C42H34N2. The van der Waals surface area contributed by atoms with Crippen LogP contribution in [-0.4, -0.2) is 9.97 Å². The highest BCUT2D eigenvalue weighted by molar-refractivity contribution is 5.95. The van der Waals surface area contributed by atoms with E-state index in [2.05, 4.69) is 159 Å². The normalized spacial score (nSPS) is 11.5. The SMILES string of the molecule is CC(C)(c1ccccc1)c1cccc2nc3ccccc3cc12.c1ccc(Cc2cccc3cc4ccccc4nc23)cc1. The molecule has 0 aliphatic carbocycles. The number of nitrogens with zero attached hydrogens (tertiary/aromatic N) is 2. The van der Waals surface area contributed by atoms with Gasteiger partial charge < -0.3 is 0 Å². The van der Waals surface area contributed by atoms with Crippen LogP contribution >= 0.6 is 0 Å². The second kappa shape index (κ2) is 11.7. The van der Waals surface area contributed by atoms with Crippen molar-refractivity contribution in [1.82, 2.24) is 9.97 Å². The lowest BCUT2D eigenvalue weighted by Gasteiger charge is -2.27. The summed E-state index contributed by atoms with van der Waals surface area (Å²) >= 11 is 0. The molecule has 2 heteroatoms. The maximum absolute atomic E-state index is 4.87. The van der Waals surface area contributed by atoms with Crippen LogP contribution in [0.4, 0.5) is 0 Å². The van der Waals surface area contributed by atoms with E-state index in [4.69, 9.17) is 9.97 Å². The van der Waals surface area contributed by atoms with Crippen molar-refractivity contribution in [2.75, 3.05) is 0 Å². The number of hydrogen-bond acceptors (Lipinski definition) is 2. The largest absolute Gasteiger partial charge is 0.248 e. The topological polar surface area (TPSA) is 25.8 Å². The van der Waals surface area contributed by atoms with Gasteiger partial charge in [-0.2, -0.15) is 0 Å². The zero-order valence-electron chi connectivity index (χ0n) is 25.1. The van der Waals surface area contributed by atoms with Gasteiger partial charge in [-0.25, -0.2) is 9.97 Å². The van der Waals surface area contributed by atoms with Gasteiger partial charge in [-0.1, -0.05) is 141 Å². The lowest BCUT2D eigenvalue weighted by atomic mass is 9.76. The highest BCUT2D eigenvalue weighted by Gasteiger charge is 2.25. The Labute approximate surface area is 258 Å². The zero-order valence-corrected chi connectivity index (χ0v) is 25.1. The highest BCUT2D eigenvalue weighted by atomic mass is 14.7. The molecule has 0 saturated carbocycles. The van der Waals surface area contributed by atoms with E-state index < -0.39 is 0 Å². The summed E-state index contributed by atoms with van der Waals surface area (Å²) in [5, 5.41) is 4.83. The molecule has 0 unspecified atom stereocenters. The minimum atomic E-state index is -0.0646. The Morgan fingerprint density at radius 1 is 0.477 bits per heavy atom. The molecular weight excluding hydrogens is 532 g/mol. The second-order valence-corrected chi connectivity index (χ2v) is 11.9. The van der Waals surface area contributed by atoms with Gasteiger partial charge in [0.15, 0.2) is 0 Å². The number of fused-ring (bicyclic) bond motifs is 4. The Bertz CT molecular complexity index is 2220. The van der Waals surface area contributed by atoms with E-state index in [1.807, 2.05) is 12.1 Å². The molecule has 8 aromatic rings. The number of pyridine rings is 2. The van der Waals surface area contributed by atoms with Gasteiger partial charge in [-0.05, 0) is 59.0 Å². The van der Waals surface area contributed by atoms with Gasteiger partial charge >= 0.3 is 0 Å². The van der Waals surface area contributed by atoms with Crippen molar-refractivity contribution in [1.29, 1.82) is 0 Å².